The van der Waals surface area contributed by atoms with E-state index in [4.69, 9.17) is 20.8 Å². The minimum Gasteiger partial charge on any atom is -0.507 e. The van der Waals surface area contributed by atoms with Crippen LogP contribution in [0.15, 0.2) is 45.6 Å². The number of aliphatic hydroxyl groups is 1. The average Bonchev–Trinajstić information content (AvgIpc) is 2.64. The van der Waals surface area contributed by atoms with Crippen LogP contribution in [-0.2, 0) is 0 Å². The minimum atomic E-state index is -0.772. The second kappa shape index (κ2) is 7.59. The molecule has 0 spiro atoms. The summed E-state index contributed by atoms with van der Waals surface area (Å²) in [6.07, 6.45) is -0.226. The number of likely N-dealkylation sites (N-methyl/N-ethyl adjacent to an activating group) is 1. The van der Waals surface area contributed by atoms with Gasteiger partial charge in [0, 0.05) is 24.1 Å². The number of nitrogens with zero attached hydrogens (tertiary/aromatic N) is 1. The Labute approximate surface area is 171 Å². The highest BCUT2D eigenvalue weighted by atomic mass is 35.5. The number of piperidine rings is 1. The van der Waals surface area contributed by atoms with Crippen molar-refractivity contribution >= 4 is 22.6 Å². The Morgan fingerprint density at radius 3 is 2.69 bits per heavy atom. The lowest BCUT2D eigenvalue weighted by molar-refractivity contribution is 0.0630. The highest BCUT2D eigenvalue weighted by molar-refractivity contribution is 6.32. The van der Waals surface area contributed by atoms with E-state index in [1.807, 2.05) is 11.9 Å². The van der Waals surface area contributed by atoms with Gasteiger partial charge in [-0.3, -0.25) is 4.79 Å². The van der Waals surface area contributed by atoms with Crippen molar-refractivity contribution in [2.24, 2.45) is 0 Å². The maximum Gasteiger partial charge on any atom is 0.294 e. The number of phenols is 2. The first-order chi connectivity index (χ1) is 13.8. The van der Waals surface area contributed by atoms with Crippen molar-refractivity contribution in [3.05, 3.63) is 57.2 Å². The molecule has 29 heavy (non-hydrogen) atoms. The molecule has 152 valence electrons. The summed E-state index contributed by atoms with van der Waals surface area (Å²) in [5, 5.41) is 31.6. The number of hydrogen-bond donors (Lipinski definition) is 3. The summed E-state index contributed by atoms with van der Waals surface area (Å²) >= 11 is 6.11. The van der Waals surface area contributed by atoms with E-state index in [0.717, 1.165) is 12.1 Å². The van der Waals surface area contributed by atoms with Crippen molar-refractivity contribution in [3.63, 3.8) is 0 Å². The van der Waals surface area contributed by atoms with Gasteiger partial charge in [0.15, 0.2) is 11.0 Å². The normalized spacial score (nSPS) is 20.1. The standard InChI is InChI=1S/C21H20ClNO6/c1-23-7-6-11(16(27)10-23)19-13(24)8-14(25)20-15(26)9-18(29-21(19)20)28-17-5-3-2-4-12(17)22/h2-5,8-9,11,16,24-25,27H,6-7,10H2,1H3/t11-,16+/m1/s1. The third-order valence-corrected chi connectivity index (χ3v) is 5.49. The van der Waals surface area contributed by atoms with Crippen molar-refractivity contribution in [1.82, 2.24) is 4.90 Å². The lowest BCUT2D eigenvalue weighted by atomic mass is 9.85. The first kappa shape index (κ1) is 19.6. The molecule has 1 fully saturated rings. The summed E-state index contributed by atoms with van der Waals surface area (Å²) in [6, 6.07) is 8.92. The van der Waals surface area contributed by atoms with E-state index in [-0.39, 0.29) is 28.2 Å². The van der Waals surface area contributed by atoms with Gasteiger partial charge in [-0.25, -0.2) is 0 Å². The zero-order chi connectivity index (χ0) is 20.7. The molecule has 2 heterocycles. The molecule has 0 amide bonds. The van der Waals surface area contributed by atoms with Crippen molar-refractivity contribution in [1.29, 1.82) is 0 Å². The molecule has 0 saturated carbocycles. The van der Waals surface area contributed by atoms with E-state index in [9.17, 15) is 20.1 Å². The van der Waals surface area contributed by atoms with Gasteiger partial charge in [0.2, 0.25) is 0 Å². The van der Waals surface area contributed by atoms with Crippen LogP contribution in [0.1, 0.15) is 17.9 Å². The molecule has 1 aliphatic heterocycles. The predicted molar refractivity (Wildman–Crippen MR) is 108 cm³/mol. The zero-order valence-corrected chi connectivity index (χ0v) is 16.4. The van der Waals surface area contributed by atoms with E-state index in [1.165, 1.54) is 0 Å². The monoisotopic (exact) mass is 417 g/mol. The molecule has 1 saturated heterocycles. The van der Waals surface area contributed by atoms with Gasteiger partial charge >= 0.3 is 0 Å². The van der Waals surface area contributed by atoms with Crippen LogP contribution in [-0.4, -0.2) is 46.5 Å². The van der Waals surface area contributed by atoms with Crippen molar-refractivity contribution in [3.8, 4) is 23.2 Å². The van der Waals surface area contributed by atoms with E-state index in [1.54, 1.807) is 24.3 Å². The summed E-state index contributed by atoms with van der Waals surface area (Å²) in [6.45, 7) is 1.11. The van der Waals surface area contributed by atoms with E-state index in [2.05, 4.69) is 0 Å². The van der Waals surface area contributed by atoms with E-state index in [0.29, 0.717) is 30.3 Å². The minimum absolute atomic E-state index is 0.00865. The highest BCUT2D eigenvalue weighted by Crippen LogP contribution is 2.43. The second-order valence-electron chi connectivity index (χ2n) is 7.22. The molecule has 0 unspecified atom stereocenters. The van der Waals surface area contributed by atoms with E-state index >= 15 is 0 Å². The van der Waals surface area contributed by atoms with Gasteiger partial charge in [-0.05, 0) is 32.1 Å². The number of fused-ring (bicyclic) bond motifs is 1. The Morgan fingerprint density at radius 2 is 1.97 bits per heavy atom. The average molecular weight is 418 g/mol. The lowest BCUT2D eigenvalue weighted by Gasteiger charge is -2.34. The number of aliphatic hydroxyl groups excluding tert-OH is 1. The number of likely N-dealkylation sites (tertiary alicyclic amines) is 1. The molecule has 2 atom stereocenters. The molecule has 0 aliphatic carbocycles. The number of hydrogen-bond acceptors (Lipinski definition) is 7. The van der Waals surface area contributed by atoms with Crippen LogP contribution in [0.3, 0.4) is 0 Å². The molecule has 1 aromatic heterocycles. The second-order valence-corrected chi connectivity index (χ2v) is 7.63. The summed E-state index contributed by atoms with van der Waals surface area (Å²) in [5.41, 5.74) is -0.264. The number of β-amino-alcohol motifs (C(OH)–C–C–N with tert-alkyl or cyclic N) is 1. The van der Waals surface area contributed by atoms with Gasteiger partial charge in [0.1, 0.15) is 22.6 Å². The Morgan fingerprint density at radius 1 is 1.21 bits per heavy atom. The predicted octanol–water partition coefficient (Wildman–Crippen LogP) is 3.43. The van der Waals surface area contributed by atoms with Crippen LogP contribution in [0.5, 0.6) is 23.2 Å². The van der Waals surface area contributed by atoms with E-state index < -0.39 is 23.2 Å². The van der Waals surface area contributed by atoms with Gasteiger partial charge in [0.05, 0.1) is 17.2 Å². The zero-order valence-electron chi connectivity index (χ0n) is 15.6. The Kier molecular flexibility index (Phi) is 5.12. The molecule has 1 aliphatic rings. The largest absolute Gasteiger partial charge is 0.507 e. The van der Waals surface area contributed by atoms with Gasteiger partial charge in [-0.15, -0.1) is 0 Å². The SMILES string of the molecule is CN1CC[C@@H](c2c(O)cc(O)c3c(=O)cc(Oc4ccccc4Cl)oc23)[C@@H](O)C1. The molecule has 7 nitrogen and oxygen atoms in total. The Bertz CT molecular complexity index is 1130. The number of benzene rings is 2. The fourth-order valence-electron chi connectivity index (χ4n) is 3.77. The molecular weight excluding hydrogens is 398 g/mol. The summed E-state index contributed by atoms with van der Waals surface area (Å²) < 4.78 is 11.4. The number of para-hydroxylation sites is 1. The van der Waals surface area contributed by atoms with Gasteiger partial charge in [-0.2, -0.15) is 0 Å². The number of ether oxygens (including phenoxy) is 1. The molecule has 0 bridgehead atoms. The molecule has 3 N–H and O–H groups in total. The first-order valence-electron chi connectivity index (χ1n) is 9.17. The van der Waals surface area contributed by atoms with Crippen molar-refractivity contribution in [2.45, 2.75) is 18.4 Å². The highest BCUT2D eigenvalue weighted by Gasteiger charge is 2.33. The van der Waals surface area contributed by atoms with Crippen LogP contribution in [0.25, 0.3) is 11.0 Å². The van der Waals surface area contributed by atoms with Gasteiger partial charge in [0.25, 0.3) is 5.95 Å². The fraction of sp³-hybridized carbons (Fsp3) is 0.286. The number of phenolic OH excluding ortho intramolecular Hbond substituents is 2. The summed E-state index contributed by atoms with van der Waals surface area (Å²) in [7, 11) is 1.89. The lowest BCUT2D eigenvalue weighted by Crippen LogP contribution is -2.40. The van der Waals surface area contributed by atoms with Crippen LogP contribution in [0.2, 0.25) is 5.02 Å². The molecular formula is C21H20ClNO6. The molecule has 0 radical (unpaired) electrons. The molecule has 4 rings (SSSR count). The molecule has 3 aromatic rings. The van der Waals surface area contributed by atoms with Crippen molar-refractivity contribution < 1.29 is 24.5 Å². The maximum absolute atomic E-state index is 12.7. The first-order valence-corrected chi connectivity index (χ1v) is 9.54. The Balaban J connectivity index is 1.88. The summed E-state index contributed by atoms with van der Waals surface area (Å²) in [4.78, 5) is 14.7. The van der Waals surface area contributed by atoms with Crippen LogP contribution < -0.4 is 10.2 Å². The van der Waals surface area contributed by atoms with Crippen LogP contribution in [0, 0.1) is 0 Å². The maximum atomic E-state index is 12.7. The third-order valence-electron chi connectivity index (χ3n) is 5.18. The number of halogens is 1. The van der Waals surface area contributed by atoms with Crippen LogP contribution in [0.4, 0.5) is 0 Å². The third kappa shape index (κ3) is 3.64. The number of rotatable bonds is 3. The summed E-state index contributed by atoms with van der Waals surface area (Å²) in [5.74, 6) is -0.956. The quantitative estimate of drug-likeness (QED) is 0.599. The Hall–Kier alpha value is -2.74. The molecule has 2 aromatic carbocycles. The van der Waals surface area contributed by atoms with Gasteiger partial charge in [-0.1, -0.05) is 23.7 Å². The van der Waals surface area contributed by atoms with Crippen molar-refractivity contribution in [2.75, 3.05) is 20.1 Å². The van der Waals surface area contributed by atoms with Gasteiger partial charge < -0.3 is 29.4 Å². The fourth-order valence-corrected chi connectivity index (χ4v) is 3.95. The topological polar surface area (TPSA) is 103 Å². The van der Waals surface area contributed by atoms with Crippen LogP contribution >= 0.6 is 11.6 Å². The molecule has 8 heteroatoms. The number of aromatic hydroxyl groups is 2. The smallest absolute Gasteiger partial charge is 0.294 e.